The lowest BCUT2D eigenvalue weighted by Crippen LogP contribution is -2.08. The number of rotatable bonds is 4. The molecule has 0 aliphatic rings. The van der Waals surface area contributed by atoms with Crippen LogP contribution in [0.15, 0.2) is 24.3 Å². The fourth-order valence-electron chi connectivity index (χ4n) is 1.12. The van der Waals surface area contributed by atoms with E-state index in [1.165, 1.54) is 11.5 Å². The molecule has 1 heterocycles. The second kappa shape index (κ2) is 5.41. The Hall–Kier alpha value is -0.930. The van der Waals surface area contributed by atoms with Crippen molar-refractivity contribution in [1.82, 2.24) is 9.59 Å². The molecule has 1 aromatic carbocycles. The van der Waals surface area contributed by atoms with Gasteiger partial charge < -0.3 is 10.2 Å². The highest BCUT2D eigenvalue weighted by Gasteiger charge is 2.08. The first-order chi connectivity index (χ1) is 7.81. The predicted molar refractivity (Wildman–Crippen MR) is 71.2 cm³/mol. The van der Waals surface area contributed by atoms with Crippen LogP contribution in [0.4, 0.5) is 5.00 Å². The van der Waals surface area contributed by atoms with Crippen molar-refractivity contribution in [3.8, 4) is 5.75 Å². The summed E-state index contributed by atoms with van der Waals surface area (Å²) in [4.78, 5) is 0. The van der Waals surface area contributed by atoms with Gasteiger partial charge in [0.15, 0.2) is 5.00 Å². The minimum Gasteiger partial charge on any atom is -0.486 e. The van der Waals surface area contributed by atoms with Gasteiger partial charge in [-0.25, -0.2) is 5.84 Å². The molecule has 0 atom stereocenters. The normalized spacial score (nSPS) is 10.1. The average Bonchev–Trinajstić information content (AvgIpc) is 2.75. The average molecular weight is 348 g/mol. The maximum atomic E-state index is 5.62. The van der Waals surface area contributed by atoms with E-state index >= 15 is 0 Å². The molecule has 0 fully saturated rings. The molecular formula is C9H9IN4OS. The maximum Gasteiger partial charge on any atom is 0.150 e. The monoisotopic (exact) mass is 348 g/mol. The van der Waals surface area contributed by atoms with Crippen LogP contribution in [0.25, 0.3) is 0 Å². The molecule has 16 heavy (non-hydrogen) atoms. The molecule has 84 valence electrons. The maximum absolute atomic E-state index is 5.62. The highest BCUT2D eigenvalue weighted by atomic mass is 127. The summed E-state index contributed by atoms with van der Waals surface area (Å²) < 4.78 is 10.5. The number of halogens is 1. The fourth-order valence-corrected chi connectivity index (χ4v) is 2.14. The summed E-state index contributed by atoms with van der Waals surface area (Å²) in [7, 11) is 0. The second-order valence-electron chi connectivity index (χ2n) is 2.91. The highest BCUT2D eigenvalue weighted by molar-refractivity contribution is 14.1. The Morgan fingerprint density at radius 2 is 2.25 bits per heavy atom. The van der Waals surface area contributed by atoms with Crippen LogP contribution < -0.4 is 16.0 Å². The van der Waals surface area contributed by atoms with Gasteiger partial charge in [-0.05, 0) is 34.7 Å². The fraction of sp³-hybridized carbons (Fsp3) is 0.111. The molecule has 3 N–H and O–H groups in total. The number of nitrogens with zero attached hydrogens (tertiary/aromatic N) is 2. The standard InChI is InChI=1S/C9H9IN4OS/c10-6-3-1-2-4-8(6)15-5-7-9(12-11)16-14-13-7/h1-4,12H,5,11H2. The van der Waals surface area contributed by atoms with E-state index in [9.17, 15) is 0 Å². The van der Waals surface area contributed by atoms with Gasteiger partial charge in [-0.1, -0.05) is 16.6 Å². The Labute approximate surface area is 110 Å². The number of nitrogen functional groups attached to an aromatic ring is 1. The van der Waals surface area contributed by atoms with Crippen LogP contribution in [0.1, 0.15) is 5.69 Å². The molecule has 0 saturated heterocycles. The molecule has 0 amide bonds. The molecule has 0 aliphatic heterocycles. The molecule has 2 rings (SSSR count). The Morgan fingerprint density at radius 1 is 1.44 bits per heavy atom. The summed E-state index contributed by atoms with van der Waals surface area (Å²) in [5.74, 6) is 6.15. The van der Waals surface area contributed by atoms with Crippen LogP contribution in [-0.2, 0) is 6.61 Å². The number of hydrogen-bond acceptors (Lipinski definition) is 6. The third-order valence-electron chi connectivity index (χ3n) is 1.89. The van der Waals surface area contributed by atoms with Gasteiger partial charge in [0, 0.05) is 11.5 Å². The summed E-state index contributed by atoms with van der Waals surface area (Å²) in [6.07, 6.45) is 0. The molecule has 5 nitrogen and oxygen atoms in total. The van der Waals surface area contributed by atoms with E-state index in [1.54, 1.807) is 0 Å². The summed E-state index contributed by atoms with van der Waals surface area (Å²) in [5.41, 5.74) is 3.25. The molecule has 7 heteroatoms. The lowest BCUT2D eigenvalue weighted by atomic mass is 10.3. The lowest BCUT2D eigenvalue weighted by molar-refractivity contribution is 0.299. The van der Waals surface area contributed by atoms with Crippen LogP contribution >= 0.6 is 34.1 Å². The first kappa shape index (κ1) is 11.6. The number of ether oxygens (including phenoxy) is 1. The number of hydrazine groups is 1. The Morgan fingerprint density at radius 3 is 3.00 bits per heavy atom. The highest BCUT2D eigenvalue weighted by Crippen LogP contribution is 2.22. The first-order valence-electron chi connectivity index (χ1n) is 4.46. The number of anilines is 1. The molecule has 1 aromatic heterocycles. The van der Waals surface area contributed by atoms with Crippen molar-refractivity contribution in [1.29, 1.82) is 0 Å². The Kier molecular flexibility index (Phi) is 3.91. The largest absolute Gasteiger partial charge is 0.486 e. The van der Waals surface area contributed by atoms with Gasteiger partial charge in [0.05, 0.1) is 3.57 Å². The van der Waals surface area contributed by atoms with Gasteiger partial charge in [0.2, 0.25) is 0 Å². The molecule has 0 aliphatic carbocycles. The number of aromatic nitrogens is 2. The Balaban J connectivity index is 2.05. The van der Waals surface area contributed by atoms with Gasteiger partial charge in [0.1, 0.15) is 18.1 Å². The van der Waals surface area contributed by atoms with E-state index in [1.807, 2.05) is 24.3 Å². The van der Waals surface area contributed by atoms with E-state index in [-0.39, 0.29) is 0 Å². The van der Waals surface area contributed by atoms with Crippen LogP contribution in [0.2, 0.25) is 0 Å². The first-order valence-corrected chi connectivity index (χ1v) is 6.31. The van der Waals surface area contributed by atoms with Crippen LogP contribution in [0.5, 0.6) is 5.75 Å². The summed E-state index contributed by atoms with van der Waals surface area (Å²) in [5, 5.41) is 4.66. The van der Waals surface area contributed by atoms with Gasteiger partial charge >= 0.3 is 0 Å². The summed E-state index contributed by atoms with van der Waals surface area (Å²) in [6.45, 7) is 0.357. The molecule has 2 aromatic rings. The van der Waals surface area contributed by atoms with Crippen LogP contribution in [0.3, 0.4) is 0 Å². The van der Waals surface area contributed by atoms with Crippen molar-refractivity contribution >= 4 is 39.1 Å². The van der Waals surface area contributed by atoms with Crippen molar-refractivity contribution in [3.05, 3.63) is 33.5 Å². The van der Waals surface area contributed by atoms with Crippen LogP contribution in [0, 0.1) is 3.57 Å². The van der Waals surface area contributed by atoms with E-state index in [4.69, 9.17) is 10.6 Å². The number of nitrogens with two attached hydrogens (primary N) is 1. The molecule has 0 bridgehead atoms. The Bertz CT molecular complexity index is 476. The minimum atomic E-state index is 0.357. The van der Waals surface area contributed by atoms with E-state index in [0.717, 1.165) is 14.3 Å². The van der Waals surface area contributed by atoms with Crippen LogP contribution in [-0.4, -0.2) is 9.59 Å². The van der Waals surface area contributed by atoms with E-state index in [0.29, 0.717) is 12.3 Å². The molecule has 0 unspecified atom stereocenters. The zero-order valence-electron chi connectivity index (χ0n) is 8.18. The smallest absolute Gasteiger partial charge is 0.150 e. The van der Waals surface area contributed by atoms with Crippen molar-refractivity contribution in [2.45, 2.75) is 6.61 Å². The van der Waals surface area contributed by atoms with Crippen molar-refractivity contribution in [3.63, 3.8) is 0 Å². The third-order valence-corrected chi connectivity index (χ3v) is 3.48. The topological polar surface area (TPSA) is 73.1 Å². The van der Waals surface area contributed by atoms with E-state index in [2.05, 4.69) is 37.6 Å². The molecule has 0 saturated carbocycles. The van der Waals surface area contributed by atoms with E-state index < -0.39 is 0 Å². The van der Waals surface area contributed by atoms with Crippen molar-refractivity contribution in [2.75, 3.05) is 5.43 Å². The predicted octanol–water partition coefficient (Wildman–Crippen LogP) is 2.01. The zero-order valence-corrected chi connectivity index (χ0v) is 11.2. The molecular weight excluding hydrogens is 339 g/mol. The molecule has 0 radical (unpaired) electrons. The minimum absolute atomic E-state index is 0.357. The summed E-state index contributed by atoms with van der Waals surface area (Å²) >= 11 is 3.43. The van der Waals surface area contributed by atoms with Crippen molar-refractivity contribution in [2.24, 2.45) is 5.84 Å². The third kappa shape index (κ3) is 2.60. The number of benzene rings is 1. The van der Waals surface area contributed by atoms with Gasteiger partial charge in [0.25, 0.3) is 0 Å². The zero-order chi connectivity index (χ0) is 11.4. The molecule has 0 spiro atoms. The second-order valence-corrected chi connectivity index (χ2v) is 4.83. The number of hydrogen-bond donors (Lipinski definition) is 2. The number of para-hydroxylation sites is 1. The van der Waals surface area contributed by atoms with Gasteiger partial charge in [-0.15, -0.1) is 5.10 Å². The summed E-state index contributed by atoms with van der Waals surface area (Å²) in [6, 6.07) is 7.79. The van der Waals surface area contributed by atoms with Gasteiger partial charge in [-0.2, -0.15) is 0 Å². The number of nitrogens with one attached hydrogen (secondary N) is 1. The van der Waals surface area contributed by atoms with Gasteiger partial charge in [-0.3, -0.25) is 0 Å². The van der Waals surface area contributed by atoms with Crippen molar-refractivity contribution < 1.29 is 4.74 Å². The quantitative estimate of drug-likeness (QED) is 0.502. The lowest BCUT2D eigenvalue weighted by Gasteiger charge is -2.06. The SMILES string of the molecule is NNc1snnc1COc1ccccc1I.